The van der Waals surface area contributed by atoms with Crippen LogP contribution in [0.15, 0.2) is 58.7 Å². The monoisotopic (exact) mass is 367 g/mol. The summed E-state index contributed by atoms with van der Waals surface area (Å²) in [5.74, 6) is 0.776. The molecule has 26 heavy (non-hydrogen) atoms. The third-order valence-electron chi connectivity index (χ3n) is 4.08. The van der Waals surface area contributed by atoms with Crippen LogP contribution in [0.2, 0.25) is 0 Å². The number of nitrogens with one attached hydrogen (secondary N) is 1. The van der Waals surface area contributed by atoms with Crippen molar-refractivity contribution in [3.05, 3.63) is 65.2 Å². The van der Waals surface area contributed by atoms with Crippen LogP contribution >= 0.6 is 11.8 Å². The maximum Gasteiger partial charge on any atom is 0.239 e. The smallest absolute Gasteiger partial charge is 0.239 e. The number of methoxy groups -OCH3 is 1. The van der Waals surface area contributed by atoms with Gasteiger partial charge < -0.3 is 10.1 Å². The number of thioether (sulfide) groups is 1. The van der Waals surface area contributed by atoms with Gasteiger partial charge in [0.15, 0.2) is 5.17 Å². The normalized spacial score (nSPS) is 18.9. The predicted octanol–water partition coefficient (Wildman–Crippen LogP) is 3.56. The zero-order chi connectivity index (χ0) is 18.5. The minimum atomic E-state index is -0.174. The number of carbonyl (C=O) groups is 1. The molecule has 1 heterocycles. The molecule has 0 aromatic heterocycles. The minimum Gasteiger partial charge on any atom is -0.497 e. The summed E-state index contributed by atoms with van der Waals surface area (Å²) in [6.07, 6.45) is 0.679. The highest BCUT2D eigenvalue weighted by Crippen LogP contribution is 2.24. The lowest BCUT2D eigenvalue weighted by Crippen LogP contribution is -2.26. The van der Waals surface area contributed by atoms with E-state index in [1.807, 2.05) is 43.3 Å². The zero-order valence-electron chi connectivity index (χ0n) is 15.0. The molecule has 1 atom stereocenters. The van der Waals surface area contributed by atoms with Gasteiger partial charge in [-0.2, -0.15) is 5.10 Å². The van der Waals surface area contributed by atoms with Crippen molar-refractivity contribution in [1.82, 2.24) is 5.32 Å². The molecule has 2 aromatic rings. The molecule has 6 heteroatoms. The SMILES string of the molecule is COc1ccc(/C(C)=N\N=C2\NC(=O)[C@H](Cc3cccc(C)c3)S2)cc1. The Morgan fingerprint density at radius 3 is 2.69 bits per heavy atom. The van der Waals surface area contributed by atoms with E-state index >= 15 is 0 Å². The van der Waals surface area contributed by atoms with Crippen LogP contribution in [0.25, 0.3) is 0 Å². The van der Waals surface area contributed by atoms with Crippen molar-refractivity contribution >= 4 is 28.5 Å². The van der Waals surface area contributed by atoms with Crippen LogP contribution in [0.4, 0.5) is 0 Å². The van der Waals surface area contributed by atoms with Gasteiger partial charge in [-0.15, -0.1) is 5.10 Å². The quantitative estimate of drug-likeness (QED) is 0.649. The number of amidine groups is 1. The van der Waals surface area contributed by atoms with Crippen molar-refractivity contribution in [3.63, 3.8) is 0 Å². The number of carbonyl (C=O) groups excluding carboxylic acids is 1. The summed E-state index contributed by atoms with van der Waals surface area (Å²) in [6.45, 7) is 3.94. The number of hydrogen-bond donors (Lipinski definition) is 1. The first-order chi connectivity index (χ1) is 12.5. The van der Waals surface area contributed by atoms with Crippen LogP contribution in [0.5, 0.6) is 5.75 Å². The van der Waals surface area contributed by atoms with Crippen LogP contribution in [0.1, 0.15) is 23.6 Å². The van der Waals surface area contributed by atoms with E-state index in [9.17, 15) is 4.79 Å². The molecule has 0 saturated carbocycles. The molecular formula is C20H21N3O2S. The highest BCUT2D eigenvalue weighted by Gasteiger charge is 2.30. The van der Waals surface area contributed by atoms with E-state index in [2.05, 4.69) is 34.6 Å². The average molecular weight is 367 g/mol. The van der Waals surface area contributed by atoms with Crippen LogP contribution in [-0.2, 0) is 11.2 Å². The Morgan fingerprint density at radius 2 is 2.00 bits per heavy atom. The average Bonchev–Trinajstić information content (AvgIpc) is 2.99. The van der Waals surface area contributed by atoms with Gasteiger partial charge in [-0.1, -0.05) is 41.6 Å². The molecule has 0 radical (unpaired) electrons. The lowest BCUT2D eigenvalue weighted by molar-refractivity contribution is -0.118. The summed E-state index contributed by atoms with van der Waals surface area (Å²) in [6, 6.07) is 15.8. The topological polar surface area (TPSA) is 63.1 Å². The van der Waals surface area contributed by atoms with Gasteiger partial charge in [0.1, 0.15) is 5.75 Å². The number of nitrogens with zero attached hydrogens (tertiary/aromatic N) is 2. The summed E-state index contributed by atoms with van der Waals surface area (Å²) < 4.78 is 5.15. The standard InChI is InChI=1S/C20H21N3O2S/c1-13-5-4-6-15(11-13)12-18-19(24)21-20(26-18)23-22-14(2)16-7-9-17(25-3)10-8-16/h4-11,18H,12H2,1-3H3,(H,21,23,24)/b22-14-/t18-/m0/s1. The van der Waals surface area contributed by atoms with Gasteiger partial charge in [0, 0.05) is 0 Å². The molecule has 2 aromatic carbocycles. The summed E-state index contributed by atoms with van der Waals surface area (Å²) >= 11 is 1.42. The van der Waals surface area contributed by atoms with Crippen molar-refractivity contribution in [2.45, 2.75) is 25.5 Å². The van der Waals surface area contributed by atoms with E-state index in [4.69, 9.17) is 4.74 Å². The first kappa shape index (κ1) is 18.2. The Hall–Kier alpha value is -2.60. The Labute approximate surface area is 157 Å². The number of ether oxygens (including phenoxy) is 1. The first-order valence-corrected chi connectivity index (χ1v) is 9.23. The van der Waals surface area contributed by atoms with Crippen LogP contribution in [0.3, 0.4) is 0 Å². The van der Waals surface area contributed by atoms with Crippen molar-refractivity contribution in [1.29, 1.82) is 0 Å². The number of aryl methyl sites for hydroxylation is 1. The Balaban J connectivity index is 1.67. The molecular weight excluding hydrogens is 346 g/mol. The fourth-order valence-corrected chi connectivity index (χ4v) is 3.61. The molecule has 0 unspecified atom stereocenters. The maximum absolute atomic E-state index is 12.2. The molecule has 0 spiro atoms. The van der Waals surface area contributed by atoms with E-state index in [0.29, 0.717) is 11.6 Å². The van der Waals surface area contributed by atoms with Gasteiger partial charge in [-0.3, -0.25) is 4.79 Å². The van der Waals surface area contributed by atoms with E-state index in [1.54, 1.807) is 7.11 Å². The molecule has 1 amide bonds. The second kappa shape index (κ2) is 8.19. The summed E-state index contributed by atoms with van der Waals surface area (Å²) in [4.78, 5) is 12.2. The summed E-state index contributed by atoms with van der Waals surface area (Å²) in [7, 11) is 1.63. The lowest BCUT2D eigenvalue weighted by atomic mass is 10.1. The fraction of sp³-hybridized carbons (Fsp3) is 0.250. The Kier molecular flexibility index (Phi) is 5.73. The predicted molar refractivity (Wildman–Crippen MR) is 107 cm³/mol. The molecule has 134 valence electrons. The van der Waals surface area contributed by atoms with Gasteiger partial charge in [0.2, 0.25) is 5.91 Å². The van der Waals surface area contributed by atoms with Gasteiger partial charge >= 0.3 is 0 Å². The fourth-order valence-electron chi connectivity index (χ4n) is 2.65. The van der Waals surface area contributed by atoms with E-state index in [1.165, 1.54) is 17.3 Å². The van der Waals surface area contributed by atoms with E-state index in [-0.39, 0.29) is 11.2 Å². The van der Waals surface area contributed by atoms with E-state index in [0.717, 1.165) is 22.6 Å². The number of benzene rings is 2. The molecule has 0 bridgehead atoms. The largest absolute Gasteiger partial charge is 0.497 e. The second-order valence-electron chi connectivity index (χ2n) is 6.11. The number of amides is 1. The van der Waals surface area contributed by atoms with Crippen LogP contribution in [0, 0.1) is 6.92 Å². The molecule has 0 aliphatic carbocycles. The maximum atomic E-state index is 12.2. The van der Waals surface area contributed by atoms with Crippen LogP contribution < -0.4 is 10.1 Å². The molecule has 3 rings (SSSR count). The number of rotatable bonds is 5. The van der Waals surface area contributed by atoms with Crippen molar-refractivity contribution in [2.75, 3.05) is 7.11 Å². The van der Waals surface area contributed by atoms with Gasteiger partial charge in [0.05, 0.1) is 18.1 Å². The van der Waals surface area contributed by atoms with Crippen molar-refractivity contribution in [3.8, 4) is 5.75 Å². The summed E-state index contributed by atoms with van der Waals surface area (Å²) in [5, 5.41) is 11.6. The van der Waals surface area contributed by atoms with Gasteiger partial charge in [-0.05, 0) is 55.7 Å². The zero-order valence-corrected chi connectivity index (χ0v) is 15.8. The lowest BCUT2D eigenvalue weighted by Gasteiger charge is -2.05. The highest BCUT2D eigenvalue weighted by molar-refractivity contribution is 8.15. The summed E-state index contributed by atoms with van der Waals surface area (Å²) in [5.41, 5.74) is 4.08. The highest BCUT2D eigenvalue weighted by atomic mass is 32.2. The van der Waals surface area contributed by atoms with Gasteiger partial charge in [0.25, 0.3) is 0 Å². The van der Waals surface area contributed by atoms with Gasteiger partial charge in [-0.25, -0.2) is 0 Å². The van der Waals surface area contributed by atoms with Crippen molar-refractivity contribution < 1.29 is 9.53 Å². The molecule has 5 nitrogen and oxygen atoms in total. The van der Waals surface area contributed by atoms with E-state index < -0.39 is 0 Å². The van der Waals surface area contributed by atoms with Crippen LogP contribution in [-0.4, -0.2) is 29.1 Å². The third-order valence-corrected chi connectivity index (χ3v) is 5.15. The minimum absolute atomic E-state index is 0.0208. The molecule has 1 aliphatic heterocycles. The second-order valence-corrected chi connectivity index (χ2v) is 7.30. The molecule has 1 saturated heterocycles. The number of hydrogen-bond acceptors (Lipinski definition) is 5. The Morgan fingerprint density at radius 1 is 1.23 bits per heavy atom. The Bertz CT molecular complexity index is 860. The molecule has 1 N–H and O–H groups in total. The molecule has 1 fully saturated rings. The first-order valence-electron chi connectivity index (χ1n) is 8.35. The van der Waals surface area contributed by atoms with Crippen molar-refractivity contribution in [2.24, 2.45) is 10.2 Å². The third kappa shape index (κ3) is 4.52. The molecule has 1 aliphatic rings.